The molecule has 0 fully saturated rings. The van der Waals surface area contributed by atoms with E-state index in [4.69, 9.17) is 0 Å². The zero-order chi connectivity index (χ0) is 14.6. The molecule has 0 aromatic heterocycles. The molecule has 0 saturated heterocycles. The number of hydrogen-bond acceptors (Lipinski definition) is 2. The Labute approximate surface area is 112 Å². The summed E-state index contributed by atoms with van der Waals surface area (Å²) in [7, 11) is 1.50. The minimum Gasteiger partial charge on any atom is -0.341 e. The van der Waals surface area contributed by atoms with Crippen molar-refractivity contribution in [1.82, 2.24) is 4.90 Å². The molecule has 0 spiro atoms. The van der Waals surface area contributed by atoms with Crippen LogP contribution in [-0.4, -0.2) is 36.4 Å². The third kappa shape index (κ3) is 4.12. The summed E-state index contributed by atoms with van der Waals surface area (Å²) < 4.78 is 50.7. The maximum atomic E-state index is 13.1. The van der Waals surface area contributed by atoms with E-state index in [-0.39, 0.29) is 5.56 Å². The van der Waals surface area contributed by atoms with Gasteiger partial charge < -0.3 is 4.90 Å². The summed E-state index contributed by atoms with van der Waals surface area (Å²) >= 11 is 1.52. The van der Waals surface area contributed by atoms with Gasteiger partial charge in [0.1, 0.15) is 5.82 Å². The summed E-state index contributed by atoms with van der Waals surface area (Å²) in [5.74, 6) is -1.26. The van der Waals surface area contributed by atoms with Crippen LogP contribution in [0.1, 0.15) is 15.9 Å². The Morgan fingerprint density at radius 3 is 2.53 bits per heavy atom. The normalized spacial score (nSPS) is 11.5. The minimum absolute atomic E-state index is 0.169. The Hall–Kier alpha value is -1.24. The third-order valence-corrected chi connectivity index (χ3v) is 3.09. The van der Waals surface area contributed by atoms with E-state index in [0.29, 0.717) is 24.4 Å². The molecule has 0 radical (unpaired) electrons. The highest BCUT2D eigenvalue weighted by atomic mass is 32.2. The van der Waals surface area contributed by atoms with Crippen molar-refractivity contribution in [2.75, 3.05) is 25.6 Å². The van der Waals surface area contributed by atoms with Crippen LogP contribution in [0, 0.1) is 5.82 Å². The van der Waals surface area contributed by atoms with Gasteiger partial charge in [-0.25, -0.2) is 4.39 Å². The van der Waals surface area contributed by atoms with Gasteiger partial charge in [-0.3, -0.25) is 4.79 Å². The van der Waals surface area contributed by atoms with Crippen molar-refractivity contribution in [2.45, 2.75) is 6.18 Å². The highest BCUT2D eigenvalue weighted by molar-refractivity contribution is 7.98. The summed E-state index contributed by atoms with van der Waals surface area (Å²) in [5.41, 5.74) is -1.59. The van der Waals surface area contributed by atoms with Gasteiger partial charge in [0.05, 0.1) is 5.56 Å². The van der Waals surface area contributed by atoms with Crippen molar-refractivity contribution in [3.63, 3.8) is 0 Å². The van der Waals surface area contributed by atoms with Gasteiger partial charge in [-0.1, -0.05) is 0 Å². The number of nitrogens with zero attached hydrogens (tertiary/aromatic N) is 1. The van der Waals surface area contributed by atoms with Crippen molar-refractivity contribution >= 4 is 17.7 Å². The smallest absolute Gasteiger partial charge is 0.341 e. The van der Waals surface area contributed by atoms with Crippen molar-refractivity contribution in [3.05, 3.63) is 35.1 Å². The minimum atomic E-state index is -4.81. The molecule has 0 bridgehead atoms. The molecule has 19 heavy (non-hydrogen) atoms. The van der Waals surface area contributed by atoms with Crippen molar-refractivity contribution in [2.24, 2.45) is 0 Å². The van der Waals surface area contributed by atoms with Crippen LogP contribution in [0.15, 0.2) is 18.2 Å². The van der Waals surface area contributed by atoms with Crippen LogP contribution in [0.3, 0.4) is 0 Å². The third-order valence-electron chi connectivity index (χ3n) is 2.50. The Balaban J connectivity index is 2.99. The van der Waals surface area contributed by atoms with Crippen molar-refractivity contribution in [1.29, 1.82) is 0 Å². The van der Waals surface area contributed by atoms with Crippen molar-refractivity contribution in [3.8, 4) is 0 Å². The average molecular weight is 295 g/mol. The fraction of sp³-hybridized carbons (Fsp3) is 0.417. The number of carbonyl (C=O) groups is 1. The number of hydrogen-bond donors (Lipinski definition) is 0. The molecular weight excluding hydrogens is 282 g/mol. The van der Waals surface area contributed by atoms with E-state index in [2.05, 4.69) is 0 Å². The lowest BCUT2D eigenvalue weighted by Crippen LogP contribution is -2.29. The summed E-state index contributed by atoms with van der Waals surface area (Å²) in [6.45, 7) is 0.415. The first-order valence-corrected chi connectivity index (χ1v) is 6.78. The number of halogens is 4. The first kappa shape index (κ1) is 15.8. The maximum absolute atomic E-state index is 13.1. The predicted molar refractivity (Wildman–Crippen MR) is 66.7 cm³/mol. The fourth-order valence-electron chi connectivity index (χ4n) is 1.43. The first-order valence-electron chi connectivity index (χ1n) is 5.38. The Bertz CT molecular complexity index is 462. The molecule has 0 atom stereocenters. The van der Waals surface area contributed by atoms with Crippen LogP contribution in [0.4, 0.5) is 17.6 Å². The van der Waals surface area contributed by atoms with Crippen LogP contribution in [-0.2, 0) is 6.18 Å². The van der Waals surface area contributed by atoms with E-state index in [1.807, 2.05) is 6.26 Å². The molecule has 1 amide bonds. The second kappa shape index (κ2) is 6.27. The Morgan fingerprint density at radius 2 is 2.00 bits per heavy atom. The zero-order valence-electron chi connectivity index (χ0n) is 10.4. The molecule has 0 aliphatic rings. The molecule has 0 unspecified atom stereocenters. The molecule has 1 aromatic rings. The summed E-state index contributed by atoms with van der Waals surface area (Å²) in [4.78, 5) is 13.2. The van der Waals surface area contributed by atoms with E-state index in [1.54, 1.807) is 0 Å². The Kier molecular flexibility index (Phi) is 5.22. The van der Waals surface area contributed by atoms with Crippen LogP contribution in [0.2, 0.25) is 0 Å². The molecule has 2 nitrogen and oxygen atoms in total. The number of carbonyl (C=O) groups excluding carboxylic acids is 1. The van der Waals surface area contributed by atoms with E-state index in [1.165, 1.54) is 23.7 Å². The summed E-state index contributed by atoms with van der Waals surface area (Å²) in [6, 6.07) is 2.27. The second-order valence-corrected chi connectivity index (χ2v) is 4.90. The van der Waals surface area contributed by atoms with Gasteiger partial charge in [0.2, 0.25) is 0 Å². The molecule has 0 saturated carbocycles. The lowest BCUT2D eigenvalue weighted by Gasteiger charge is -2.17. The molecule has 1 rings (SSSR count). The fourth-order valence-corrected chi connectivity index (χ4v) is 1.88. The van der Waals surface area contributed by atoms with Gasteiger partial charge in [-0.05, 0) is 24.5 Å². The van der Waals surface area contributed by atoms with Gasteiger partial charge >= 0.3 is 6.18 Å². The lowest BCUT2D eigenvalue weighted by atomic mass is 10.1. The van der Waals surface area contributed by atoms with Crippen LogP contribution < -0.4 is 0 Å². The molecule has 0 aliphatic carbocycles. The zero-order valence-corrected chi connectivity index (χ0v) is 11.2. The first-order chi connectivity index (χ1) is 8.77. The second-order valence-electron chi connectivity index (χ2n) is 3.91. The monoisotopic (exact) mass is 295 g/mol. The Morgan fingerprint density at radius 1 is 1.37 bits per heavy atom. The number of alkyl halides is 3. The summed E-state index contributed by atoms with van der Waals surface area (Å²) in [5, 5.41) is 0. The molecule has 1 aromatic carbocycles. The molecule has 106 valence electrons. The van der Waals surface area contributed by atoms with Gasteiger partial charge in [0.25, 0.3) is 5.91 Å². The highest BCUT2D eigenvalue weighted by Gasteiger charge is 2.34. The van der Waals surface area contributed by atoms with E-state index in [9.17, 15) is 22.4 Å². The summed E-state index contributed by atoms with van der Waals surface area (Å²) in [6.07, 6.45) is -2.95. The van der Waals surface area contributed by atoms with Crippen molar-refractivity contribution < 1.29 is 22.4 Å². The van der Waals surface area contributed by atoms with E-state index in [0.717, 1.165) is 6.07 Å². The van der Waals surface area contributed by atoms with Gasteiger partial charge in [-0.2, -0.15) is 24.9 Å². The average Bonchev–Trinajstić information content (AvgIpc) is 2.34. The number of benzene rings is 1. The lowest BCUT2D eigenvalue weighted by molar-refractivity contribution is -0.140. The topological polar surface area (TPSA) is 20.3 Å². The van der Waals surface area contributed by atoms with Crippen LogP contribution in [0.5, 0.6) is 0 Å². The maximum Gasteiger partial charge on any atom is 0.419 e. The van der Waals surface area contributed by atoms with Gasteiger partial charge in [0, 0.05) is 24.9 Å². The quantitative estimate of drug-likeness (QED) is 0.795. The number of thioether (sulfide) groups is 1. The molecular formula is C12H13F4NOS. The van der Waals surface area contributed by atoms with Gasteiger partial charge in [-0.15, -0.1) is 0 Å². The standard InChI is InChI=1S/C12H13F4NOS/c1-17(5-6-19-2)11(18)8-3-4-10(13)9(7-8)12(14,15)16/h3-4,7H,5-6H2,1-2H3. The highest BCUT2D eigenvalue weighted by Crippen LogP contribution is 2.32. The van der Waals surface area contributed by atoms with E-state index >= 15 is 0 Å². The van der Waals surface area contributed by atoms with Crippen LogP contribution >= 0.6 is 11.8 Å². The predicted octanol–water partition coefficient (Wildman–Crippen LogP) is 3.28. The molecule has 0 aliphatic heterocycles. The SMILES string of the molecule is CSCCN(C)C(=O)c1ccc(F)c(C(F)(F)F)c1. The molecule has 7 heteroatoms. The van der Waals surface area contributed by atoms with E-state index < -0.39 is 23.5 Å². The van der Waals surface area contributed by atoms with Crippen LogP contribution in [0.25, 0.3) is 0 Å². The molecule has 0 heterocycles. The molecule has 0 N–H and O–H groups in total. The number of amides is 1. The largest absolute Gasteiger partial charge is 0.419 e. The number of rotatable bonds is 4. The van der Waals surface area contributed by atoms with Gasteiger partial charge in [0.15, 0.2) is 0 Å².